The zero-order valence-corrected chi connectivity index (χ0v) is 13.4. The number of nitrogens with zero attached hydrogens (tertiary/aromatic N) is 2. The van der Waals surface area contributed by atoms with Crippen molar-refractivity contribution in [3.8, 4) is 23.0 Å². The van der Waals surface area contributed by atoms with E-state index >= 15 is 0 Å². The van der Waals surface area contributed by atoms with Crippen LogP contribution >= 0.6 is 0 Å². The van der Waals surface area contributed by atoms with Gasteiger partial charge < -0.3 is 14.5 Å². The fourth-order valence-electron chi connectivity index (χ4n) is 1.46. The molecule has 18 heavy (non-hydrogen) atoms. The molecule has 0 fully saturated rings. The van der Waals surface area contributed by atoms with E-state index in [9.17, 15) is 0 Å². The Morgan fingerprint density at radius 1 is 1.17 bits per heavy atom. The summed E-state index contributed by atoms with van der Waals surface area (Å²) in [6.45, 7) is 1.94. The summed E-state index contributed by atoms with van der Waals surface area (Å²) in [7, 11) is 3.14. The van der Waals surface area contributed by atoms with E-state index in [1.54, 1.807) is 26.5 Å². The van der Waals surface area contributed by atoms with Crippen molar-refractivity contribution in [3.05, 3.63) is 36.0 Å². The molecule has 0 bridgehead atoms. The molecule has 2 heterocycles. The van der Waals surface area contributed by atoms with Crippen LogP contribution in [0.3, 0.4) is 0 Å². The van der Waals surface area contributed by atoms with Gasteiger partial charge in [-0.05, 0) is 5.69 Å². The first-order valence-corrected chi connectivity index (χ1v) is 5.18. The largest absolute Gasteiger partial charge is 0.481 e. The number of aryl methyl sites for hydroxylation is 1. The van der Waals surface area contributed by atoms with Gasteiger partial charge in [-0.1, -0.05) is 19.2 Å². The fraction of sp³-hybridized carbons (Fsp3) is 0.231. The Kier molecular flexibility index (Phi) is 5.70. The number of aromatic nitrogens is 2. The zero-order chi connectivity index (χ0) is 12.3. The molecule has 0 unspecified atom stereocenters. The molecule has 2 aromatic heterocycles. The second-order valence-electron chi connectivity index (χ2n) is 3.53. The number of methoxy groups -OCH3 is 2. The molecule has 2 aromatic rings. The second-order valence-corrected chi connectivity index (χ2v) is 3.53. The van der Waals surface area contributed by atoms with Crippen LogP contribution in [-0.4, -0.2) is 24.2 Å². The summed E-state index contributed by atoms with van der Waals surface area (Å²) in [5.41, 5.74) is 2.60. The molecule has 2 rings (SSSR count). The monoisotopic (exact) mass is 318 g/mol. The molecule has 4 nitrogen and oxygen atoms in total. The van der Waals surface area contributed by atoms with Gasteiger partial charge in [0.15, 0.2) is 0 Å². The van der Waals surface area contributed by atoms with Crippen molar-refractivity contribution in [1.82, 2.24) is 9.97 Å². The van der Waals surface area contributed by atoms with Crippen LogP contribution in [-0.2, 0) is 32.7 Å². The van der Waals surface area contributed by atoms with Crippen molar-refractivity contribution in [2.75, 3.05) is 14.2 Å². The van der Waals surface area contributed by atoms with Crippen LogP contribution in [0.25, 0.3) is 11.3 Å². The van der Waals surface area contributed by atoms with Crippen LogP contribution < -0.4 is 9.47 Å². The van der Waals surface area contributed by atoms with Crippen LogP contribution in [0.15, 0.2) is 24.4 Å². The van der Waals surface area contributed by atoms with Gasteiger partial charge in [-0.2, -0.15) is 17.1 Å². The third-order valence-corrected chi connectivity index (χ3v) is 2.35. The first-order valence-electron chi connectivity index (χ1n) is 5.18. The fourth-order valence-corrected chi connectivity index (χ4v) is 1.46. The van der Waals surface area contributed by atoms with E-state index in [2.05, 4.69) is 16.0 Å². The molecule has 1 radical (unpaired) electrons. The molecule has 0 N–H and O–H groups in total. The van der Waals surface area contributed by atoms with Gasteiger partial charge in [0.1, 0.15) is 0 Å². The summed E-state index contributed by atoms with van der Waals surface area (Å²) in [5, 5.41) is 0. The molecular formula is C13H13N2O2Y-. The number of ether oxygens (including phenoxy) is 2. The summed E-state index contributed by atoms with van der Waals surface area (Å²) < 4.78 is 10.3. The smallest absolute Gasteiger partial charge is 0.216 e. The van der Waals surface area contributed by atoms with Crippen LogP contribution in [0.5, 0.6) is 11.8 Å². The van der Waals surface area contributed by atoms with Gasteiger partial charge in [0.2, 0.25) is 11.8 Å². The molecule has 0 saturated heterocycles. The van der Waals surface area contributed by atoms with Gasteiger partial charge in [0.25, 0.3) is 0 Å². The van der Waals surface area contributed by atoms with E-state index in [4.69, 9.17) is 9.47 Å². The maximum absolute atomic E-state index is 5.23. The Hall–Kier alpha value is -0.996. The average molecular weight is 318 g/mol. The van der Waals surface area contributed by atoms with Gasteiger partial charge in [-0.25, -0.2) is 0 Å². The molecule has 0 atom stereocenters. The molecule has 0 spiro atoms. The molecule has 0 aliphatic rings. The van der Waals surface area contributed by atoms with Crippen LogP contribution in [0.2, 0.25) is 0 Å². The number of rotatable bonds is 3. The summed E-state index contributed by atoms with van der Waals surface area (Å²) in [5.74, 6) is 1.01. The third-order valence-electron chi connectivity index (χ3n) is 2.35. The van der Waals surface area contributed by atoms with E-state index in [0.717, 1.165) is 16.8 Å². The third kappa shape index (κ3) is 3.27. The minimum atomic E-state index is 0. The van der Waals surface area contributed by atoms with Crippen molar-refractivity contribution in [1.29, 1.82) is 0 Å². The molecule has 0 aromatic carbocycles. The Morgan fingerprint density at radius 3 is 2.50 bits per heavy atom. The van der Waals surface area contributed by atoms with Gasteiger partial charge >= 0.3 is 0 Å². The first kappa shape index (κ1) is 15.1. The number of pyridine rings is 2. The van der Waals surface area contributed by atoms with Crippen molar-refractivity contribution in [2.24, 2.45) is 0 Å². The molecular weight excluding hydrogens is 305 g/mol. The molecule has 0 aliphatic heterocycles. The van der Waals surface area contributed by atoms with Crippen molar-refractivity contribution in [3.63, 3.8) is 0 Å². The van der Waals surface area contributed by atoms with Crippen molar-refractivity contribution >= 4 is 0 Å². The van der Waals surface area contributed by atoms with Gasteiger partial charge in [0, 0.05) is 44.3 Å². The Morgan fingerprint density at radius 2 is 1.94 bits per heavy atom. The standard InChI is InChI=1S/C13H13N2O2.Y/c1-9-4-6-11(14-8-9)10-5-7-12(16-2)15-13(10)17-3;/h5-8H,1-3H3;/q-1;. The Labute approximate surface area is 132 Å². The Bertz CT molecular complexity index is 515. The summed E-state index contributed by atoms with van der Waals surface area (Å²) in [6, 6.07) is 8.57. The Balaban J connectivity index is 0.00000162. The van der Waals surface area contributed by atoms with Crippen molar-refractivity contribution < 1.29 is 42.2 Å². The van der Waals surface area contributed by atoms with Crippen molar-refractivity contribution in [2.45, 2.75) is 6.92 Å². The topological polar surface area (TPSA) is 44.2 Å². The maximum Gasteiger partial charge on any atom is 0.216 e. The van der Waals surface area contributed by atoms with E-state index < -0.39 is 0 Å². The summed E-state index contributed by atoms with van der Waals surface area (Å²) >= 11 is 0. The predicted molar refractivity (Wildman–Crippen MR) is 64.1 cm³/mol. The normalized spacial score (nSPS) is 9.50. The maximum atomic E-state index is 5.23. The molecule has 91 valence electrons. The van der Waals surface area contributed by atoms with Crippen LogP contribution in [0, 0.1) is 13.0 Å². The quantitative estimate of drug-likeness (QED) is 0.815. The molecule has 0 amide bonds. The minimum Gasteiger partial charge on any atom is -0.481 e. The molecule has 0 aliphatic carbocycles. The molecule has 0 saturated carbocycles. The summed E-state index contributed by atoms with van der Waals surface area (Å²) in [6.07, 6.45) is 1.76. The van der Waals surface area contributed by atoms with E-state index in [1.165, 1.54) is 0 Å². The predicted octanol–water partition coefficient (Wildman–Crippen LogP) is 2.27. The first-order chi connectivity index (χ1) is 8.24. The van der Waals surface area contributed by atoms with Gasteiger partial charge in [-0.15, -0.1) is 5.56 Å². The zero-order valence-electron chi connectivity index (χ0n) is 10.6. The van der Waals surface area contributed by atoms with E-state index in [0.29, 0.717) is 11.8 Å². The van der Waals surface area contributed by atoms with Crippen LogP contribution in [0.1, 0.15) is 5.56 Å². The number of hydrogen-bond donors (Lipinski definition) is 0. The minimum absolute atomic E-state index is 0. The van der Waals surface area contributed by atoms with Gasteiger partial charge in [0.05, 0.1) is 14.2 Å². The summed E-state index contributed by atoms with van der Waals surface area (Å²) in [4.78, 5) is 8.53. The average Bonchev–Trinajstić information content (AvgIpc) is 2.39. The van der Waals surface area contributed by atoms with E-state index in [1.807, 2.05) is 19.1 Å². The van der Waals surface area contributed by atoms with Gasteiger partial charge in [-0.3, -0.25) is 0 Å². The van der Waals surface area contributed by atoms with E-state index in [-0.39, 0.29) is 32.7 Å². The number of hydrogen-bond acceptors (Lipinski definition) is 4. The second kappa shape index (κ2) is 6.81. The molecule has 5 heteroatoms. The van der Waals surface area contributed by atoms with Crippen LogP contribution in [0.4, 0.5) is 0 Å². The SMILES string of the molecule is COc1ccc(-c2c[c-]c(C)cn2)c(OC)n1.[Y].